The average molecular weight is 369 g/mol. The van der Waals surface area contributed by atoms with Gasteiger partial charge in [-0.15, -0.1) is 12.4 Å². The Hall–Kier alpha value is -1.56. The van der Waals surface area contributed by atoms with Gasteiger partial charge in [0.15, 0.2) is 5.69 Å². The van der Waals surface area contributed by atoms with Gasteiger partial charge in [-0.2, -0.15) is 5.10 Å². The lowest BCUT2D eigenvalue weighted by atomic mass is 10.1. The highest BCUT2D eigenvalue weighted by molar-refractivity contribution is 6.30. The molecule has 1 aliphatic rings. The number of hydrogen-bond donors (Lipinski definition) is 2. The van der Waals surface area contributed by atoms with Crippen molar-refractivity contribution in [1.29, 1.82) is 0 Å². The van der Waals surface area contributed by atoms with E-state index in [9.17, 15) is 4.79 Å². The smallest absolute Gasteiger partial charge is 0.272 e. The summed E-state index contributed by atoms with van der Waals surface area (Å²) in [4.78, 5) is 12.4. The number of aromatic nitrogens is 2. The van der Waals surface area contributed by atoms with Crippen LogP contribution < -0.4 is 11.1 Å². The van der Waals surface area contributed by atoms with Crippen molar-refractivity contribution in [3.05, 3.63) is 46.2 Å². The molecular formula is C17H22Cl2N4O. The van der Waals surface area contributed by atoms with E-state index in [0.29, 0.717) is 23.8 Å². The van der Waals surface area contributed by atoms with Gasteiger partial charge in [0.1, 0.15) is 0 Å². The maximum absolute atomic E-state index is 12.4. The Labute approximate surface area is 153 Å². The summed E-state index contributed by atoms with van der Waals surface area (Å²) in [6.45, 7) is 0.882. The summed E-state index contributed by atoms with van der Waals surface area (Å²) in [7, 11) is 0. The van der Waals surface area contributed by atoms with E-state index in [4.69, 9.17) is 17.3 Å². The van der Waals surface area contributed by atoms with Crippen molar-refractivity contribution in [3.63, 3.8) is 0 Å². The molecule has 0 fully saturated rings. The molecule has 0 radical (unpaired) electrons. The fourth-order valence-corrected chi connectivity index (χ4v) is 3.15. The van der Waals surface area contributed by atoms with Gasteiger partial charge in [0, 0.05) is 29.4 Å². The zero-order valence-corrected chi connectivity index (χ0v) is 15.0. The van der Waals surface area contributed by atoms with Crippen molar-refractivity contribution < 1.29 is 4.79 Å². The third-order valence-corrected chi connectivity index (χ3v) is 4.40. The van der Waals surface area contributed by atoms with E-state index in [2.05, 4.69) is 10.4 Å². The molecule has 0 aliphatic heterocycles. The van der Waals surface area contributed by atoms with E-state index in [0.717, 1.165) is 42.6 Å². The minimum absolute atomic E-state index is 0. The lowest BCUT2D eigenvalue weighted by molar-refractivity contribution is 0.0948. The zero-order valence-electron chi connectivity index (χ0n) is 13.4. The van der Waals surface area contributed by atoms with Crippen molar-refractivity contribution in [2.45, 2.75) is 32.1 Å². The summed E-state index contributed by atoms with van der Waals surface area (Å²) in [5.41, 5.74) is 9.16. The summed E-state index contributed by atoms with van der Waals surface area (Å²) >= 11 is 5.98. The van der Waals surface area contributed by atoms with Crippen LogP contribution in [0.25, 0.3) is 5.69 Å². The topological polar surface area (TPSA) is 72.9 Å². The zero-order chi connectivity index (χ0) is 16.2. The number of carbonyl (C=O) groups excluding carboxylic acids is 1. The fraction of sp³-hybridized carbons (Fsp3) is 0.412. The first kappa shape index (κ1) is 18.8. The predicted octanol–water partition coefficient (Wildman–Crippen LogP) is 2.90. The molecule has 1 amide bonds. The van der Waals surface area contributed by atoms with Crippen LogP contribution >= 0.6 is 24.0 Å². The number of hydrogen-bond acceptors (Lipinski definition) is 3. The van der Waals surface area contributed by atoms with Gasteiger partial charge in [0.05, 0.1) is 5.69 Å². The predicted molar refractivity (Wildman–Crippen MR) is 98.5 cm³/mol. The first-order valence-electron chi connectivity index (χ1n) is 8.05. The molecular weight excluding hydrogens is 347 g/mol. The molecule has 1 aromatic heterocycles. The molecule has 0 atom stereocenters. The Morgan fingerprint density at radius 2 is 1.92 bits per heavy atom. The number of nitrogens with zero attached hydrogens (tertiary/aromatic N) is 2. The molecule has 3 N–H and O–H groups in total. The molecule has 7 heteroatoms. The summed E-state index contributed by atoms with van der Waals surface area (Å²) in [6.07, 6.45) is 5.23. The number of nitrogens with one attached hydrogen (secondary N) is 1. The highest BCUT2D eigenvalue weighted by Crippen LogP contribution is 2.26. The van der Waals surface area contributed by atoms with E-state index >= 15 is 0 Å². The number of halogens is 2. The van der Waals surface area contributed by atoms with Crippen LogP contribution in [0.15, 0.2) is 24.3 Å². The number of benzene rings is 1. The summed E-state index contributed by atoms with van der Waals surface area (Å²) in [6, 6.07) is 7.55. The van der Waals surface area contributed by atoms with E-state index < -0.39 is 0 Å². The van der Waals surface area contributed by atoms with Crippen LogP contribution in [0.1, 0.15) is 41.0 Å². The number of rotatable bonds is 4. The first-order valence-corrected chi connectivity index (χ1v) is 8.43. The molecule has 1 aliphatic carbocycles. The molecule has 130 valence electrons. The van der Waals surface area contributed by atoms with E-state index in [-0.39, 0.29) is 18.3 Å². The van der Waals surface area contributed by atoms with Crippen molar-refractivity contribution in [1.82, 2.24) is 15.1 Å². The third-order valence-electron chi connectivity index (χ3n) is 4.15. The fourth-order valence-electron chi connectivity index (χ4n) is 3.02. The quantitative estimate of drug-likeness (QED) is 0.814. The standard InChI is InChI=1S/C17H21ClN4O.ClH/c18-12-6-8-13(9-7-12)22-15-5-3-1-2-4-14(15)16(21-22)17(23)20-11-10-19;/h6-9H,1-5,10-11,19H2,(H,20,23);1H. The Balaban J connectivity index is 0.00000208. The molecule has 0 saturated heterocycles. The molecule has 0 bridgehead atoms. The Morgan fingerprint density at radius 1 is 1.21 bits per heavy atom. The number of nitrogens with two attached hydrogens (primary N) is 1. The van der Waals surface area contributed by atoms with E-state index in [1.807, 2.05) is 28.9 Å². The lowest BCUT2D eigenvalue weighted by Crippen LogP contribution is -2.30. The van der Waals surface area contributed by atoms with E-state index in [1.54, 1.807) is 0 Å². The van der Waals surface area contributed by atoms with Gasteiger partial charge in [-0.05, 0) is 49.9 Å². The molecule has 24 heavy (non-hydrogen) atoms. The number of fused-ring (bicyclic) bond motifs is 1. The third kappa shape index (κ3) is 3.91. The lowest BCUT2D eigenvalue weighted by Gasteiger charge is -2.07. The second kappa shape index (κ2) is 8.51. The van der Waals surface area contributed by atoms with Gasteiger partial charge in [-0.3, -0.25) is 4.79 Å². The highest BCUT2D eigenvalue weighted by atomic mass is 35.5. The minimum atomic E-state index is -0.138. The molecule has 3 rings (SSSR count). The van der Waals surface area contributed by atoms with Crippen LogP contribution in [0.3, 0.4) is 0 Å². The Bertz CT molecular complexity index is 697. The number of amides is 1. The van der Waals surface area contributed by atoms with Crippen molar-refractivity contribution >= 4 is 29.9 Å². The van der Waals surface area contributed by atoms with Crippen LogP contribution in [0.5, 0.6) is 0 Å². The molecule has 0 unspecified atom stereocenters. The SMILES string of the molecule is Cl.NCCNC(=O)c1nn(-c2ccc(Cl)cc2)c2c1CCCCC2. The van der Waals surface area contributed by atoms with Gasteiger partial charge in [-0.1, -0.05) is 18.0 Å². The summed E-state index contributed by atoms with van der Waals surface area (Å²) in [5, 5.41) is 8.13. The summed E-state index contributed by atoms with van der Waals surface area (Å²) in [5.74, 6) is -0.138. The monoisotopic (exact) mass is 368 g/mol. The van der Waals surface area contributed by atoms with Crippen molar-refractivity contribution in [2.75, 3.05) is 13.1 Å². The maximum Gasteiger partial charge on any atom is 0.272 e. The second-order valence-electron chi connectivity index (χ2n) is 5.77. The Kier molecular flexibility index (Phi) is 6.66. The van der Waals surface area contributed by atoms with Crippen LogP contribution in [0, 0.1) is 0 Å². The molecule has 0 spiro atoms. The average Bonchev–Trinajstić information content (AvgIpc) is 2.75. The van der Waals surface area contributed by atoms with E-state index in [1.165, 1.54) is 6.42 Å². The largest absolute Gasteiger partial charge is 0.349 e. The van der Waals surface area contributed by atoms with Gasteiger partial charge >= 0.3 is 0 Å². The maximum atomic E-state index is 12.4. The van der Waals surface area contributed by atoms with Crippen LogP contribution in [-0.4, -0.2) is 28.8 Å². The van der Waals surface area contributed by atoms with Gasteiger partial charge < -0.3 is 11.1 Å². The highest BCUT2D eigenvalue weighted by Gasteiger charge is 2.24. The molecule has 2 aromatic rings. The first-order chi connectivity index (χ1) is 11.2. The van der Waals surface area contributed by atoms with Crippen LogP contribution in [0.4, 0.5) is 0 Å². The van der Waals surface area contributed by atoms with Gasteiger partial charge in [-0.25, -0.2) is 4.68 Å². The van der Waals surface area contributed by atoms with Gasteiger partial charge in [0.2, 0.25) is 0 Å². The van der Waals surface area contributed by atoms with Crippen molar-refractivity contribution in [3.8, 4) is 5.69 Å². The molecule has 5 nitrogen and oxygen atoms in total. The molecule has 1 aromatic carbocycles. The minimum Gasteiger partial charge on any atom is -0.349 e. The Morgan fingerprint density at radius 3 is 2.62 bits per heavy atom. The second-order valence-corrected chi connectivity index (χ2v) is 6.20. The van der Waals surface area contributed by atoms with Crippen LogP contribution in [0.2, 0.25) is 5.02 Å². The number of carbonyl (C=O) groups is 1. The molecule has 0 saturated carbocycles. The normalized spacial score (nSPS) is 13.6. The van der Waals surface area contributed by atoms with Crippen LogP contribution in [-0.2, 0) is 12.8 Å². The van der Waals surface area contributed by atoms with Gasteiger partial charge in [0.25, 0.3) is 5.91 Å². The van der Waals surface area contributed by atoms with Crippen molar-refractivity contribution in [2.24, 2.45) is 5.73 Å². The summed E-state index contributed by atoms with van der Waals surface area (Å²) < 4.78 is 1.90. The molecule has 1 heterocycles.